The third-order valence-corrected chi connectivity index (χ3v) is 3.95. The molecule has 1 aromatic carbocycles. The van der Waals surface area contributed by atoms with Crippen molar-refractivity contribution >= 4 is 27.5 Å². The molecule has 21 heavy (non-hydrogen) atoms. The number of amides is 1. The molecule has 6 nitrogen and oxygen atoms in total. The lowest BCUT2D eigenvalue weighted by molar-refractivity contribution is 0.0693. The van der Waals surface area contributed by atoms with Crippen molar-refractivity contribution < 1.29 is 22.3 Å². The molecule has 0 heterocycles. The molecule has 1 amide bonds. The molecule has 0 aromatic heterocycles. The number of benzene rings is 1. The largest absolute Gasteiger partial charge is 0.377 e. The van der Waals surface area contributed by atoms with Gasteiger partial charge in [-0.2, -0.15) is 0 Å². The van der Waals surface area contributed by atoms with Gasteiger partial charge in [-0.3, -0.25) is 4.79 Å². The van der Waals surface area contributed by atoms with Gasteiger partial charge in [0.15, 0.2) is 0 Å². The lowest BCUT2D eigenvalue weighted by Gasteiger charge is -2.13. The van der Waals surface area contributed by atoms with Crippen LogP contribution in [-0.4, -0.2) is 33.6 Å². The number of sulfonamides is 1. The third-order valence-electron chi connectivity index (χ3n) is 2.57. The number of hydrogen-bond donors (Lipinski definition) is 2. The number of nitrogens with two attached hydrogens (primary N) is 1. The van der Waals surface area contributed by atoms with Gasteiger partial charge < -0.3 is 10.1 Å². The van der Waals surface area contributed by atoms with Crippen LogP contribution >= 0.6 is 11.6 Å². The minimum Gasteiger partial charge on any atom is -0.377 e. The predicted octanol–water partition coefficient (Wildman–Crippen LogP) is 1.28. The van der Waals surface area contributed by atoms with E-state index in [2.05, 4.69) is 5.32 Å². The van der Waals surface area contributed by atoms with Crippen molar-refractivity contribution in [2.45, 2.75) is 24.8 Å². The summed E-state index contributed by atoms with van der Waals surface area (Å²) in [6.07, 6.45) is -0.257. The van der Waals surface area contributed by atoms with Gasteiger partial charge in [0.25, 0.3) is 5.91 Å². The second-order valence-electron chi connectivity index (χ2n) is 4.28. The van der Waals surface area contributed by atoms with Crippen LogP contribution in [0.25, 0.3) is 0 Å². The zero-order valence-corrected chi connectivity index (χ0v) is 13.1. The van der Waals surface area contributed by atoms with Gasteiger partial charge in [-0.25, -0.2) is 17.9 Å². The average molecular weight is 339 g/mol. The molecule has 0 bridgehead atoms. The SMILES string of the molecule is CCOC(C)CNC(=O)c1cc(S(N)(=O)=O)c(Cl)cc1F. The molecular formula is C12H16ClFN2O4S. The highest BCUT2D eigenvalue weighted by molar-refractivity contribution is 7.89. The van der Waals surface area contributed by atoms with E-state index in [1.807, 2.05) is 0 Å². The molecular weight excluding hydrogens is 323 g/mol. The number of halogens is 2. The Balaban J connectivity index is 3.00. The Morgan fingerprint density at radius 2 is 2.14 bits per heavy atom. The highest BCUT2D eigenvalue weighted by Crippen LogP contribution is 2.24. The Bertz CT molecular complexity index is 636. The quantitative estimate of drug-likeness (QED) is 0.816. The molecule has 118 valence electrons. The van der Waals surface area contributed by atoms with Gasteiger partial charge in [0, 0.05) is 13.2 Å². The fourth-order valence-electron chi connectivity index (χ4n) is 1.60. The lowest BCUT2D eigenvalue weighted by atomic mass is 10.2. The van der Waals surface area contributed by atoms with Crippen LogP contribution < -0.4 is 10.5 Å². The fraction of sp³-hybridized carbons (Fsp3) is 0.417. The highest BCUT2D eigenvalue weighted by Gasteiger charge is 2.20. The minimum atomic E-state index is -4.15. The van der Waals surface area contributed by atoms with E-state index in [4.69, 9.17) is 21.5 Å². The summed E-state index contributed by atoms with van der Waals surface area (Å²) in [6, 6.07) is 1.55. The highest BCUT2D eigenvalue weighted by atomic mass is 35.5. The van der Waals surface area contributed by atoms with Crippen molar-refractivity contribution in [1.29, 1.82) is 0 Å². The van der Waals surface area contributed by atoms with E-state index in [0.29, 0.717) is 6.61 Å². The molecule has 1 unspecified atom stereocenters. The van der Waals surface area contributed by atoms with Gasteiger partial charge in [-0.15, -0.1) is 0 Å². The van der Waals surface area contributed by atoms with E-state index in [1.54, 1.807) is 13.8 Å². The summed E-state index contributed by atoms with van der Waals surface area (Å²) >= 11 is 5.61. The van der Waals surface area contributed by atoms with Gasteiger partial charge in [-0.1, -0.05) is 11.6 Å². The maximum absolute atomic E-state index is 13.7. The number of carbonyl (C=O) groups excluding carboxylic acids is 1. The number of carbonyl (C=O) groups is 1. The Labute approximate surface area is 127 Å². The Morgan fingerprint density at radius 1 is 1.52 bits per heavy atom. The zero-order chi connectivity index (χ0) is 16.2. The van der Waals surface area contributed by atoms with Crippen LogP contribution in [0.15, 0.2) is 17.0 Å². The van der Waals surface area contributed by atoms with Gasteiger partial charge >= 0.3 is 0 Å². The predicted molar refractivity (Wildman–Crippen MR) is 76.2 cm³/mol. The van der Waals surface area contributed by atoms with E-state index in [1.165, 1.54) is 0 Å². The van der Waals surface area contributed by atoms with Crippen LogP contribution in [0.1, 0.15) is 24.2 Å². The summed E-state index contributed by atoms with van der Waals surface area (Å²) in [5.41, 5.74) is -0.452. The van der Waals surface area contributed by atoms with E-state index >= 15 is 0 Å². The standard InChI is InChI=1S/C12H16ClFN2O4S/c1-3-20-7(2)6-16-12(17)8-4-11(21(15,18)19)9(13)5-10(8)14/h4-5,7H,3,6H2,1-2H3,(H,16,17)(H2,15,18,19). The first-order valence-electron chi connectivity index (χ1n) is 6.08. The fourth-order valence-corrected chi connectivity index (χ4v) is 2.68. The molecule has 1 aromatic rings. The van der Waals surface area contributed by atoms with Crippen LogP contribution in [-0.2, 0) is 14.8 Å². The van der Waals surface area contributed by atoms with Crippen LogP contribution in [0, 0.1) is 5.82 Å². The molecule has 9 heteroatoms. The van der Waals surface area contributed by atoms with Crippen molar-refractivity contribution in [1.82, 2.24) is 5.32 Å². The summed E-state index contributed by atoms with van der Waals surface area (Å²) in [6.45, 7) is 4.16. The summed E-state index contributed by atoms with van der Waals surface area (Å²) in [4.78, 5) is 11.4. The number of primary sulfonamides is 1. The van der Waals surface area contributed by atoms with Crippen molar-refractivity contribution in [3.05, 3.63) is 28.5 Å². The average Bonchev–Trinajstić information content (AvgIpc) is 2.34. The number of rotatable bonds is 6. The molecule has 0 fully saturated rings. The van der Waals surface area contributed by atoms with E-state index in [0.717, 1.165) is 12.1 Å². The second kappa shape index (κ2) is 7.17. The molecule has 1 rings (SSSR count). The monoisotopic (exact) mass is 338 g/mol. The van der Waals surface area contributed by atoms with Gasteiger partial charge in [-0.05, 0) is 26.0 Å². The van der Waals surface area contributed by atoms with Crippen molar-refractivity contribution in [2.75, 3.05) is 13.2 Å². The molecule has 0 radical (unpaired) electrons. The van der Waals surface area contributed by atoms with Crippen LogP contribution in [0.5, 0.6) is 0 Å². The number of ether oxygens (including phenoxy) is 1. The summed E-state index contributed by atoms with van der Waals surface area (Å²) in [5, 5.41) is 7.01. The summed E-state index contributed by atoms with van der Waals surface area (Å²) < 4.78 is 41.6. The Hall–Kier alpha value is -1.22. The van der Waals surface area contributed by atoms with Gasteiger partial charge in [0.2, 0.25) is 10.0 Å². The van der Waals surface area contributed by atoms with Crippen LogP contribution in [0.2, 0.25) is 5.02 Å². The van der Waals surface area contributed by atoms with Crippen molar-refractivity contribution in [3.8, 4) is 0 Å². The van der Waals surface area contributed by atoms with Gasteiger partial charge in [0.05, 0.1) is 16.7 Å². The smallest absolute Gasteiger partial charge is 0.254 e. The third kappa shape index (κ3) is 4.92. The molecule has 3 N–H and O–H groups in total. The van der Waals surface area contributed by atoms with Crippen molar-refractivity contribution in [2.24, 2.45) is 5.14 Å². The summed E-state index contributed by atoms with van der Waals surface area (Å²) in [5.74, 6) is -1.71. The number of nitrogens with one attached hydrogen (secondary N) is 1. The first-order chi connectivity index (χ1) is 9.66. The first-order valence-corrected chi connectivity index (χ1v) is 8.00. The summed E-state index contributed by atoms with van der Waals surface area (Å²) in [7, 11) is -4.15. The van der Waals surface area contributed by atoms with E-state index in [-0.39, 0.29) is 17.7 Å². The molecule has 0 aliphatic rings. The molecule has 0 saturated carbocycles. The molecule has 0 spiro atoms. The molecule has 0 aliphatic carbocycles. The minimum absolute atomic E-state index is 0.152. The first kappa shape index (κ1) is 17.8. The molecule has 1 atom stereocenters. The van der Waals surface area contributed by atoms with Crippen LogP contribution in [0.4, 0.5) is 4.39 Å². The number of hydrogen-bond acceptors (Lipinski definition) is 4. The van der Waals surface area contributed by atoms with E-state index in [9.17, 15) is 17.6 Å². The topological polar surface area (TPSA) is 98.5 Å². The van der Waals surface area contributed by atoms with Crippen LogP contribution in [0.3, 0.4) is 0 Å². The normalized spacial score (nSPS) is 13.0. The maximum atomic E-state index is 13.7. The Kier molecular flexibility index (Phi) is 6.09. The Morgan fingerprint density at radius 3 is 2.67 bits per heavy atom. The lowest BCUT2D eigenvalue weighted by Crippen LogP contribution is -2.32. The zero-order valence-electron chi connectivity index (χ0n) is 11.5. The van der Waals surface area contributed by atoms with Gasteiger partial charge in [0.1, 0.15) is 10.7 Å². The maximum Gasteiger partial charge on any atom is 0.254 e. The van der Waals surface area contributed by atoms with Crippen molar-refractivity contribution in [3.63, 3.8) is 0 Å². The molecule has 0 aliphatic heterocycles. The van der Waals surface area contributed by atoms with E-state index < -0.39 is 32.2 Å². The molecule has 0 saturated heterocycles. The second-order valence-corrected chi connectivity index (χ2v) is 6.22.